The largest absolute Gasteiger partial charge is 0.481 e. The number of allylic oxidation sites excluding steroid dienone is 2. The number of carbonyl (C=O) groups is 2. The van der Waals surface area contributed by atoms with Crippen molar-refractivity contribution >= 4 is 46.3 Å². The van der Waals surface area contributed by atoms with Gasteiger partial charge in [0.2, 0.25) is 0 Å². The SMILES string of the molecule is O=C(O)CCC(C=Cc1ccco1)=C1SC(=S)NC1=O. The Morgan fingerprint density at radius 2 is 2.30 bits per heavy atom. The monoisotopic (exact) mass is 309 g/mol. The molecule has 2 heterocycles. The van der Waals surface area contributed by atoms with Crippen LogP contribution in [0.25, 0.3) is 6.08 Å². The minimum Gasteiger partial charge on any atom is -0.481 e. The zero-order valence-electron chi connectivity index (χ0n) is 10.3. The Balaban J connectivity index is 2.24. The summed E-state index contributed by atoms with van der Waals surface area (Å²) in [4.78, 5) is 22.9. The summed E-state index contributed by atoms with van der Waals surface area (Å²) in [6.45, 7) is 0. The first kappa shape index (κ1) is 14.5. The van der Waals surface area contributed by atoms with E-state index in [-0.39, 0.29) is 18.7 Å². The lowest BCUT2D eigenvalue weighted by Gasteiger charge is -2.02. The number of thiocarbonyl (C=S) groups is 1. The van der Waals surface area contributed by atoms with Crippen molar-refractivity contribution in [2.45, 2.75) is 12.8 Å². The molecule has 2 rings (SSSR count). The van der Waals surface area contributed by atoms with Crippen LogP contribution in [0.4, 0.5) is 0 Å². The predicted molar refractivity (Wildman–Crippen MR) is 80.0 cm³/mol. The fourth-order valence-corrected chi connectivity index (χ4v) is 2.73. The first-order valence-corrected chi connectivity index (χ1v) is 6.98. The number of hydrogen-bond donors (Lipinski definition) is 2. The molecular weight excluding hydrogens is 298 g/mol. The molecule has 0 radical (unpaired) electrons. The van der Waals surface area contributed by atoms with Gasteiger partial charge in [-0.05, 0) is 30.2 Å². The second-order valence-electron chi connectivity index (χ2n) is 3.94. The second kappa shape index (κ2) is 6.53. The van der Waals surface area contributed by atoms with Crippen LogP contribution < -0.4 is 5.32 Å². The number of amides is 1. The minimum atomic E-state index is -0.916. The highest BCUT2D eigenvalue weighted by atomic mass is 32.2. The highest BCUT2D eigenvalue weighted by Gasteiger charge is 2.25. The topological polar surface area (TPSA) is 79.5 Å². The quantitative estimate of drug-likeness (QED) is 0.643. The van der Waals surface area contributed by atoms with E-state index in [2.05, 4.69) is 5.32 Å². The van der Waals surface area contributed by atoms with Gasteiger partial charge in [-0.15, -0.1) is 0 Å². The van der Waals surface area contributed by atoms with Crippen LogP contribution in [0.15, 0.2) is 39.4 Å². The summed E-state index contributed by atoms with van der Waals surface area (Å²) in [5.41, 5.74) is 0.631. The summed E-state index contributed by atoms with van der Waals surface area (Å²) in [6.07, 6.45) is 5.12. The van der Waals surface area contributed by atoms with Crippen molar-refractivity contribution in [2.24, 2.45) is 0 Å². The number of nitrogens with one attached hydrogen (secondary N) is 1. The molecular formula is C13H11NO4S2. The second-order valence-corrected chi connectivity index (χ2v) is 5.63. The highest BCUT2D eigenvalue weighted by Crippen LogP contribution is 2.30. The number of carboxylic acid groups (broad SMARTS) is 1. The fourth-order valence-electron chi connectivity index (χ4n) is 1.61. The molecule has 1 saturated heterocycles. The van der Waals surface area contributed by atoms with Crippen molar-refractivity contribution in [3.8, 4) is 0 Å². The van der Waals surface area contributed by atoms with Gasteiger partial charge in [-0.1, -0.05) is 30.1 Å². The van der Waals surface area contributed by atoms with E-state index in [0.29, 0.717) is 20.6 Å². The lowest BCUT2D eigenvalue weighted by atomic mass is 10.1. The third-order valence-electron chi connectivity index (χ3n) is 2.51. The van der Waals surface area contributed by atoms with E-state index in [1.54, 1.807) is 24.3 Å². The van der Waals surface area contributed by atoms with Gasteiger partial charge in [0.1, 0.15) is 10.1 Å². The van der Waals surface area contributed by atoms with E-state index in [9.17, 15) is 9.59 Å². The van der Waals surface area contributed by atoms with E-state index in [1.807, 2.05) is 0 Å². The van der Waals surface area contributed by atoms with Gasteiger partial charge in [0.05, 0.1) is 11.2 Å². The molecule has 5 nitrogen and oxygen atoms in total. The van der Waals surface area contributed by atoms with E-state index in [1.165, 1.54) is 6.26 Å². The van der Waals surface area contributed by atoms with Crippen molar-refractivity contribution in [1.29, 1.82) is 0 Å². The van der Waals surface area contributed by atoms with Crippen molar-refractivity contribution in [2.75, 3.05) is 0 Å². The standard InChI is InChI=1S/C13H11NO4S2/c15-10(16)6-4-8(3-5-9-2-1-7-18-9)11-12(17)14-13(19)20-11/h1-3,5,7H,4,6H2,(H,15,16)(H,14,17,19). The Bertz CT molecular complexity index is 602. The molecule has 1 fully saturated rings. The van der Waals surface area contributed by atoms with Gasteiger partial charge in [0.15, 0.2) is 0 Å². The van der Waals surface area contributed by atoms with Crippen LogP contribution in [-0.4, -0.2) is 21.3 Å². The van der Waals surface area contributed by atoms with Gasteiger partial charge in [-0.3, -0.25) is 9.59 Å². The molecule has 0 atom stereocenters. The molecule has 20 heavy (non-hydrogen) atoms. The molecule has 7 heteroatoms. The number of thioether (sulfide) groups is 1. The number of furan rings is 1. The van der Waals surface area contributed by atoms with Crippen LogP contribution >= 0.6 is 24.0 Å². The molecule has 1 aromatic heterocycles. The molecule has 1 aromatic rings. The molecule has 0 aromatic carbocycles. The summed E-state index contributed by atoms with van der Waals surface area (Å²) in [5, 5.41) is 11.3. The number of hydrogen-bond acceptors (Lipinski definition) is 5. The molecule has 2 N–H and O–H groups in total. The Hall–Kier alpha value is -1.86. The third kappa shape index (κ3) is 3.82. The molecule has 1 amide bonds. The van der Waals surface area contributed by atoms with E-state index < -0.39 is 5.97 Å². The van der Waals surface area contributed by atoms with Crippen LogP contribution in [0.2, 0.25) is 0 Å². The Morgan fingerprint density at radius 3 is 2.85 bits per heavy atom. The van der Waals surface area contributed by atoms with Gasteiger partial charge in [-0.2, -0.15) is 0 Å². The van der Waals surface area contributed by atoms with Gasteiger partial charge < -0.3 is 14.8 Å². The average Bonchev–Trinajstić information content (AvgIpc) is 2.99. The summed E-state index contributed by atoms with van der Waals surface area (Å²) in [7, 11) is 0. The smallest absolute Gasteiger partial charge is 0.303 e. The van der Waals surface area contributed by atoms with Crippen molar-refractivity contribution in [1.82, 2.24) is 5.32 Å². The highest BCUT2D eigenvalue weighted by molar-refractivity contribution is 8.26. The summed E-state index contributed by atoms with van der Waals surface area (Å²) in [5.74, 6) is -0.575. The third-order valence-corrected chi connectivity index (χ3v) is 3.80. The maximum atomic E-state index is 11.8. The molecule has 0 spiro atoms. The summed E-state index contributed by atoms with van der Waals surface area (Å²) in [6, 6.07) is 3.51. The number of rotatable bonds is 5. The van der Waals surface area contributed by atoms with Crippen LogP contribution in [0, 0.1) is 0 Å². The molecule has 0 saturated carbocycles. The Labute approximate surface area is 124 Å². The fraction of sp³-hybridized carbons (Fsp3) is 0.154. The number of aliphatic carboxylic acids is 1. The molecule has 0 bridgehead atoms. The van der Waals surface area contributed by atoms with Crippen molar-refractivity contribution < 1.29 is 19.1 Å². The molecule has 1 aliphatic heterocycles. The van der Waals surface area contributed by atoms with Crippen molar-refractivity contribution in [3.63, 3.8) is 0 Å². The van der Waals surface area contributed by atoms with Crippen LogP contribution in [0.3, 0.4) is 0 Å². The maximum absolute atomic E-state index is 11.8. The first-order valence-electron chi connectivity index (χ1n) is 5.76. The zero-order chi connectivity index (χ0) is 14.5. The summed E-state index contributed by atoms with van der Waals surface area (Å²) < 4.78 is 5.54. The number of carboxylic acids is 1. The lowest BCUT2D eigenvalue weighted by molar-refractivity contribution is -0.137. The first-order chi connectivity index (χ1) is 9.56. The summed E-state index contributed by atoms with van der Waals surface area (Å²) >= 11 is 6.08. The van der Waals surface area contributed by atoms with Crippen molar-refractivity contribution in [3.05, 3.63) is 40.7 Å². The lowest BCUT2D eigenvalue weighted by Crippen LogP contribution is -2.18. The van der Waals surface area contributed by atoms with Gasteiger partial charge in [-0.25, -0.2) is 0 Å². The van der Waals surface area contributed by atoms with E-state index in [4.69, 9.17) is 21.7 Å². The molecule has 104 valence electrons. The normalized spacial score (nSPS) is 17.6. The van der Waals surface area contributed by atoms with Crippen LogP contribution in [0.5, 0.6) is 0 Å². The van der Waals surface area contributed by atoms with Gasteiger partial charge in [0, 0.05) is 6.42 Å². The van der Waals surface area contributed by atoms with E-state index in [0.717, 1.165) is 11.8 Å². The average molecular weight is 309 g/mol. The Kier molecular flexibility index (Phi) is 4.75. The van der Waals surface area contributed by atoms with Crippen LogP contribution in [-0.2, 0) is 9.59 Å². The minimum absolute atomic E-state index is 0.0536. The maximum Gasteiger partial charge on any atom is 0.303 e. The van der Waals surface area contributed by atoms with Gasteiger partial charge >= 0.3 is 5.97 Å². The Morgan fingerprint density at radius 1 is 1.50 bits per heavy atom. The molecule has 0 unspecified atom stereocenters. The van der Waals surface area contributed by atoms with Crippen LogP contribution in [0.1, 0.15) is 18.6 Å². The number of carbonyl (C=O) groups excluding carboxylic acids is 1. The zero-order valence-corrected chi connectivity index (χ0v) is 11.9. The van der Waals surface area contributed by atoms with E-state index >= 15 is 0 Å². The predicted octanol–water partition coefficient (Wildman–Crippen LogP) is 2.56. The van der Waals surface area contributed by atoms with Gasteiger partial charge in [0.25, 0.3) is 5.91 Å². The molecule has 0 aliphatic carbocycles. The molecule has 1 aliphatic rings.